The summed E-state index contributed by atoms with van der Waals surface area (Å²) in [6.07, 6.45) is 0. The molecule has 2 heterocycles. The van der Waals surface area contributed by atoms with Gasteiger partial charge in [-0.05, 0) is 43.3 Å². The van der Waals surface area contributed by atoms with E-state index in [4.69, 9.17) is 27.9 Å². The molecule has 2 aromatic carbocycles. The highest BCUT2D eigenvalue weighted by molar-refractivity contribution is 7.17. The number of benzene rings is 2. The molecule has 3 aromatic rings. The number of carbonyl (C=O) groups is 4. The van der Waals surface area contributed by atoms with Crippen LogP contribution in [0.2, 0.25) is 5.02 Å². The number of halogens is 2. The number of amides is 3. The molecule has 0 unspecified atom stereocenters. The zero-order valence-electron chi connectivity index (χ0n) is 18.2. The third-order valence-corrected chi connectivity index (χ3v) is 6.65. The number of para-hydroxylation sites is 1. The van der Waals surface area contributed by atoms with Crippen LogP contribution in [0.4, 0.5) is 16.5 Å². The summed E-state index contributed by atoms with van der Waals surface area (Å²) in [5.74, 6) is -2.34. The predicted octanol–water partition coefficient (Wildman–Crippen LogP) is 4.58. The van der Waals surface area contributed by atoms with E-state index in [1.54, 1.807) is 37.3 Å². The van der Waals surface area contributed by atoms with E-state index in [9.17, 15) is 19.2 Å². The number of thiazole rings is 1. The Morgan fingerprint density at radius 3 is 2.37 bits per heavy atom. The van der Waals surface area contributed by atoms with Gasteiger partial charge in [-0.3, -0.25) is 19.7 Å². The minimum Gasteiger partial charge on any atom is -0.465 e. The van der Waals surface area contributed by atoms with E-state index in [2.05, 4.69) is 15.6 Å². The average molecular weight is 531 g/mol. The number of anilines is 3. The second kappa shape index (κ2) is 9.87. The molecule has 0 radical (unpaired) electrons. The summed E-state index contributed by atoms with van der Waals surface area (Å²) in [7, 11) is 1.27. The molecule has 0 atom stereocenters. The Morgan fingerprint density at radius 1 is 1.03 bits per heavy atom. The van der Waals surface area contributed by atoms with E-state index >= 15 is 0 Å². The van der Waals surface area contributed by atoms with Crippen molar-refractivity contribution in [1.29, 1.82) is 0 Å². The van der Waals surface area contributed by atoms with Gasteiger partial charge in [-0.2, -0.15) is 0 Å². The van der Waals surface area contributed by atoms with Crippen molar-refractivity contribution in [2.75, 3.05) is 22.6 Å². The summed E-state index contributed by atoms with van der Waals surface area (Å²) < 4.78 is 4.69. The largest absolute Gasteiger partial charge is 0.465 e. The molecular formula is C23H16Cl2N4O5S. The standard InChI is InChI=1S/C23H16Cl2N4O5S/c1-11-18(22(33)34-2)35-23(26-11)28-19(30)12-7-9-13(10-8-12)27-17-16(25)20(31)29(21(17)32)15-6-4-3-5-14(15)24/h3-10,27H,1-2H3,(H,26,28,30). The molecule has 3 amide bonds. The van der Waals surface area contributed by atoms with Gasteiger partial charge in [-0.25, -0.2) is 14.7 Å². The first-order valence-corrected chi connectivity index (χ1v) is 11.6. The number of ether oxygens (including phenoxy) is 1. The van der Waals surface area contributed by atoms with Crippen LogP contribution in [0.3, 0.4) is 0 Å². The number of nitrogens with zero attached hydrogens (tertiary/aromatic N) is 2. The van der Waals surface area contributed by atoms with Crippen molar-refractivity contribution in [3.8, 4) is 0 Å². The highest BCUT2D eigenvalue weighted by Crippen LogP contribution is 2.34. The van der Waals surface area contributed by atoms with Crippen molar-refractivity contribution in [1.82, 2.24) is 4.98 Å². The summed E-state index contributed by atoms with van der Waals surface area (Å²) in [5.41, 5.74) is 1.29. The Kier molecular flexibility index (Phi) is 6.88. The van der Waals surface area contributed by atoms with Gasteiger partial charge >= 0.3 is 5.97 Å². The van der Waals surface area contributed by atoms with Crippen LogP contribution in [-0.4, -0.2) is 35.8 Å². The maximum absolute atomic E-state index is 12.9. The summed E-state index contributed by atoms with van der Waals surface area (Å²) in [6.45, 7) is 1.64. The molecule has 0 bridgehead atoms. The van der Waals surface area contributed by atoms with Crippen molar-refractivity contribution in [2.45, 2.75) is 6.92 Å². The highest BCUT2D eigenvalue weighted by atomic mass is 35.5. The second-order valence-electron chi connectivity index (χ2n) is 7.17. The highest BCUT2D eigenvalue weighted by Gasteiger charge is 2.39. The molecular weight excluding hydrogens is 515 g/mol. The molecule has 9 nitrogen and oxygen atoms in total. The van der Waals surface area contributed by atoms with Gasteiger partial charge in [0.2, 0.25) is 0 Å². The van der Waals surface area contributed by atoms with Gasteiger partial charge < -0.3 is 10.1 Å². The van der Waals surface area contributed by atoms with E-state index in [1.165, 1.54) is 25.3 Å². The number of imide groups is 1. The average Bonchev–Trinajstić information content (AvgIpc) is 3.31. The van der Waals surface area contributed by atoms with E-state index in [0.29, 0.717) is 21.8 Å². The van der Waals surface area contributed by atoms with Crippen LogP contribution in [0.15, 0.2) is 59.3 Å². The van der Waals surface area contributed by atoms with Crippen molar-refractivity contribution in [2.24, 2.45) is 0 Å². The first-order valence-electron chi connectivity index (χ1n) is 9.98. The van der Waals surface area contributed by atoms with Crippen LogP contribution < -0.4 is 15.5 Å². The number of rotatable bonds is 6. The summed E-state index contributed by atoms with van der Waals surface area (Å²) in [4.78, 5) is 55.2. The molecule has 1 aliphatic rings. The number of aromatic nitrogens is 1. The lowest BCUT2D eigenvalue weighted by molar-refractivity contribution is -0.120. The van der Waals surface area contributed by atoms with Gasteiger partial charge in [0.05, 0.1) is 23.5 Å². The van der Waals surface area contributed by atoms with Gasteiger partial charge in [0, 0.05) is 11.3 Å². The fourth-order valence-electron chi connectivity index (χ4n) is 3.21. The van der Waals surface area contributed by atoms with E-state index < -0.39 is 23.7 Å². The van der Waals surface area contributed by atoms with Crippen LogP contribution >= 0.6 is 34.5 Å². The van der Waals surface area contributed by atoms with Gasteiger partial charge in [0.25, 0.3) is 17.7 Å². The molecule has 1 aliphatic heterocycles. The van der Waals surface area contributed by atoms with E-state index in [0.717, 1.165) is 16.2 Å². The van der Waals surface area contributed by atoms with Crippen LogP contribution in [0.25, 0.3) is 0 Å². The third kappa shape index (κ3) is 4.76. The van der Waals surface area contributed by atoms with E-state index in [1.807, 2.05) is 0 Å². The van der Waals surface area contributed by atoms with Crippen molar-refractivity contribution >= 4 is 74.7 Å². The van der Waals surface area contributed by atoms with Gasteiger partial charge in [-0.15, -0.1) is 0 Å². The fourth-order valence-corrected chi connectivity index (χ4v) is 4.53. The number of aryl methyl sites for hydroxylation is 1. The fraction of sp³-hybridized carbons (Fsp3) is 0.0870. The Labute approximate surface area is 213 Å². The van der Waals surface area contributed by atoms with Crippen molar-refractivity contribution < 1.29 is 23.9 Å². The predicted molar refractivity (Wildman–Crippen MR) is 133 cm³/mol. The SMILES string of the molecule is COC(=O)c1sc(NC(=O)c2ccc(NC3=C(Cl)C(=O)N(c4ccccc4Cl)C3=O)cc2)nc1C. The van der Waals surface area contributed by atoms with E-state index in [-0.39, 0.29) is 26.6 Å². The molecule has 0 aliphatic carbocycles. The number of carbonyl (C=O) groups excluding carboxylic acids is 4. The lowest BCUT2D eigenvalue weighted by atomic mass is 10.2. The van der Waals surface area contributed by atoms with Crippen LogP contribution in [-0.2, 0) is 14.3 Å². The lowest BCUT2D eigenvalue weighted by Crippen LogP contribution is -2.32. The molecule has 12 heteroatoms. The number of methoxy groups -OCH3 is 1. The number of hydrogen-bond donors (Lipinski definition) is 2. The number of hydrogen-bond acceptors (Lipinski definition) is 8. The van der Waals surface area contributed by atoms with Gasteiger partial charge in [0.1, 0.15) is 15.6 Å². The Morgan fingerprint density at radius 2 is 1.71 bits per heavy atom. The molecule has 0 spiro atoms. The van der Waals surface area contributed by atoms with Crippen molar-refractivity contribution in [3.63, 3.8) is 0 Å². The first kappa shape index (κ1) is 24.4. The quantitative estimate of drug-likeness (QED) is 0.353. The maximum atomic E-state index is 12.9. The minimum absolute atomic E-state index is 0.109. The zero-order valence-corrected chi connectivity index (χ0v) is 20.5. The summed E-state index contributed by atoms with van der Waals surface area (Å²) in [5, 5.41) is 5.66. The lowest BCUT2D eigenvalue weighted by Gasteiger charge is -2.16. The van der Waals surface area contributed by atoms with Crippen molar-refractivity contribution in [3.05, 3.63) is 80.4 Å². The first-order chi connectivity index (χ1) is 16.7. The second-order valence-corrected chi connectivity index (χ2v) is 8.95. The normalized spacial score (nSPS) is 13.3. The van der Waals surface area contributed by atoms with Gasteiger partial charge in [0.15, 0.2) is 5.13 Å². The molecule has 0 saturated heterocycles. The van der Waals surface area contributed by atoms with Crippen LogP contribution in [0.1, 0.15) is 25.7 Å². The monoisotopic (exact) mass is 530 g/mol. The smallest absolute Gasteiger partial charge is 0.350 e. The Balaban J connectivity index is 1.47. The molecule has 2 N–H and O–H groups in total. The molecule has 178 valence electrons. The maximum Gasteiger partial charge on any atom is 0.350 e. The number of esters is 1. The van der Waals surface area contributed by atoms with Gasteiger partial charge in [-0.1, -0.05) is 46.7 Å². The summed E-state index contributed by atoms with van der Waals surface area (Å²) >= 11 is 13.3. The molecule has 0 saturated carbocycles. The van der Waals surface area contributed by atoms with Crippen LogP contribution in [0.5, 0.6) is 0 Å². The minimum atomic E-state index is -0.701. The Hall–Kier alpha value is -3.73. The number of nitrogens with one attached hydrogen (secondary N) is 2. The molecule has 1 aromatic heterocycles. The zero-order chi connectivity index (χ0) is 25.3. The molecule has 0 fully saturated rings. The topological polar surface area (TPSA) is 118 Å². The van der Waals surface area contributed by atoms with Crippen LogP contribution in [0, 0.1) is 6.92 Å². The summed E-state index contributed by atoms with van der Waals surface area (Å²) in [6, 6.07) is 12.6. The molecule has 4 rings (SSSR count). The third-order valence-electron chi connectivity index (χ3n) is 4.92. The Bertz CT molecular complexity index is 1400. The molecule has 35 heavy (non-hydrogen) atoms.